The lowest BCUT2D eigenvalue weighted by molar-refractivity contribution is -0.387. The fraction of sp³-hybridized carbons (Fsp3) is 0.0769. The van der Waals surface area contributed by atoms with E-state index in [1.54, 1.807) is 30.3 Å². The molecule has 0 fully saturated rings. The van der Waals surface area contributed by atoms with Crippen LogP contribution in [0.2, 0.25) is 5.02 Å². The van der Waals surface area contributed by atoms with Gasteiger partial charge in [-0.2, -0.15) is 0 Å². The van der Waals surface area contributed by atoms with Crippen molar-refractivity contribution < 1.29 is 9.31 Å². The molecule has 0 radical (unpaired) electrons. The Morgan fingerprint density at radius 1 is 1.26 bits per heavy atom. The molecule has 6 heteroatoms. The molecule has 0 saturated carbocycles. The molecule has 0 aliphatic rings. The number of benzene rings is 2. The maximum absolute atomic E-state index is 13.4. The van der Waals surface area contributed by atoms with Crippen molar-refractivity contribution in [2.45, 2.75) is 10.6 Å². The van der Waals surface area contributed by atoms with Gasteiger partial charge in [0.15, 0.2) is 0 Å². The number of thioether (sulfide) groups is 1. The summed E-state index contributed by atoms with van der Waals surface area (Å²) in [5, 5.41) is 11.2. The monoisotopic (exact) mass is 297 g/mol. The number of nitro benzene ring substituents is 1. The van der Waals surface area contributed by atoms with Crippen LogP contribution in [0, 0.1) is 15.9 Å². The molecular weight excluding hydrogens is 289 g/mol. The van der Waals surface area contributed by atoms with E-state index < -0.39 is 4.92 Å². The Bertz CT molecular complexity index is 621. The van der Waals surface area contributed by atoms with E-state index in [1.165, 1.54) is 23.9 Å². The first kappa shape index (κ1) is 13.8. The van der Waals surface area contributed by atoms with Gasteiger partial charge in [-0.1, -0.05) is 29.8 Å². The number of nitro groups is 1. The van der Waals surface area contributed by atoms with Gasteiger partial charge in [0, 0.05) is 16.8 Å². The first-order chi connectivity index (χ1) is 9.08. The summed E-state index contributed by atoms with van der Waals surface area (Å²) >= 11 is 6.94. The van der Waals surface area contributed by atoms with Crippen LogP contribution < -0.4 is 0 Å². The molecule has 0 amide bonds. The summed E-state index contributed by atoms with van der Waals surface area (Å²) in [6.45, 7) is 0. The van der Waals surface area contributed by atoms with Crippen molar-refractivity contribution in [3.05, 3.63) is 69.0 Å². The highest BCUT2D eigenvalue weighted by molar-refractivity contribution is 7.98. The molecule has 0 bridgehead atoms. The number of hydrogen-bond acceptors (Lipinski definition) is 3. The van der Waals surface area contributed by atoms with Crippen LogP contribution in [0.4, 0.5) is 10.1 Å². The van der Waals surface area contributed by atoms with Crippen molar-refractivity contribution >= 4 is 29.1 Å². The summed E-state index contributed by atoms with van der Waals surface area (Å²) in [5.74, 6) is 0.0152. The van der Waals surface area contributed by atoms with Gasteiger partial charge in [0.1, 0.15) is 5.82 Å². The standard InChI is InChI=1S/C13H9ClFNO2S/c14-10-5-6-13(12(7-10)16(17)18)19-8-9-3-1-2-4-11(9)15/h1-7H,8H2. The molecule has 0 atom stereocenters. The Kier molecular flexibility index (Phi) is 4.39. The topological polar surface area (TPSA) is 43.1 Å². The molecular formula is C13H9ClFNO2S. The summed E-state index contributed by atoms with van der Waals surface area (Å²) in [5.41, 5.74) is 0.450. The van der Waals surface area contributed by atoms with Crippen molar-refractivity contribution in [3.8, 4) is 0 Å². The number of halogens is 2. The van der Waals surface area contributed by atoms with Crippen LogP contribution >= 0.6 is 23.4 Å². The Balaban J connectivity index is 2.20. The molecule has 0 aliphatic carbocycles. The average Bonchev–Trinajstić information content (AvgIpc) is 2.38. The Morgan fingerprint density at radius 2 is 2.00 bits per heavy atom. The summed E-state index contributed by atoms with van der Waals surface area (Å²) in [6.07, 6.45) is 0. The summed E-state index contributed by atoms with van der Waals surface area (Å²) in [7, 11) is 0. The zero-order valence-electron chi connectivity index (χ0n) is 9.68. The summed E-state index contributed by atoms with van der Waals surface area (Å²) in [4.78, 5) is 10.9. The van der Waals surface area contributed by atoms with E-state index in [4.69, 9.17) is 11.6 Å². The minimum absolute atomic E-state index is 0.0613. The molecule has 98 valence electrons. The molecule has 2 rings (SSSR count). The fourth-order valence-electron chi connectivity index (χ4n) is 1.53. The van der Waals surface area contributed by atoms with E-state index >= 15 is 0 Å². The van der Waals surface area contributed by atoms with Crippen molar-refractivity contribution in [3.63, 3.8) is 0 Å². The number of hydrogen-bond donors (Lipinski definition) is 0. The van der Waals surface area contributed by atoms with Crippen LogP contribution in [0.25, 0.3) is 0 Å². The average molecular weight is 298 g/mol. The predicted molar refractivity (Wildman–Crippen MR) is 74.1 cm³/mol. The fourth-order valence-corrected chi connectivity index (χ4v) is 2.68. The lowest BCUT2D eigenvalue weighted by atomic mass is 10.2. The number of rotatable bonds is 4. The molecule has 0 heterocycles. The molecule has 0 aliphatic heterocycles. The Morgan fingerprint density at radius 3 is 2.68 bits per heavy atom. The maximum atomic E-state index is 13.4. The largest absolute Gasteiger partial charge is 0.284 e. The quantitative estimate of drug-likeness (QED) is 0.467. The Hall–Kier alpha value is -1.59. The molecule has 3 nitrogen and oxygen atoms in total. The predicted octanol–water partition coefficient (Wildman–Crippen LogP) is 4.68. The van der Waals surface area contributed by atoms with E-state index in [9.17, 15) is 14.5 Å². The van der Waals surface area contributed by atoms with Crippen LogP contribution in [0.15, 0.2) is 47.4 Å². The lowest BCUT2D eigenvalue weighted by Gasteiger charge is -2.04. The van der Waals surface area contributed by atoms with Crippen LogP contribution in [0.5, 0.6) is 0 Å². The number of nitrogens with zero attached hydrogens (tertiary/aromatic N) is 1. The van der Waals surface area contributed by atoms with Gasteiger partial charge in [0.2, 0.25) is 0 Å². The minimum atomic E-state index is -0.491. The zero-order valence-corrected chi connectivity index (χ0v) is 11.2. The van der Waals surface area contributed by atoms with Gasteiger partial charge >= 0.3 is 0 Å². The van der Waals surface area contributed by atoms with Gasteiger partial charge in [-0.15, -0.1) is 11.8 Å². The lowest BCUT2D eigenvalue weighted by Crippen LogP contribution is -1.92. The maximum Gasteiger partial charge on any atom is 0.284 e. The van der Waals surface area contributed by atoms with Gasteiger partial charge in [-0.25, -0.2) is 4.39 Å². The zero-order chi connectivity index (χ0) is 13.8. The second kappa shape index (κ2) is 6.04. The molecule has 0 spiro atoms. The second-order valence-corrected chi connectivity index (χ2v) is 5.20. The SMILES string of the molecule is O=[N+]([O-])c1cc(Cl)ccc1SCc1ccccc1F. The van der Waals surface area contributed by atoms with Crippen molar-refractivity contribution in [1.29, 1.82) is 0 Å². The van der Waals surface area contributed by atoms with Crippen molar-refractivity contribution in [2.24, 2.45) is 0 Å². The molecule has 0 saturated heterocycles. The Labute approximate surface area is 118 Å². The van der Waals surface area contributed by atoms with Crippen LogP contribution in [-0.4, -0.2) is 4.92 Å². The van der Waals surface area contributed by atoms with E-state index in [0.717, 1.165) is 0 Å². The van der Waals surface area contributed by atoms with Crippen LogP contribution in [0.3, 0.4) is 0 Å². The molecule has 2 aromatic carbocycles. The second-order valence-electron chi connectivity index (χ2n) is 3.75. The summed E-state index contributed by atoms with van der Waals surface area (Å²) in [6, 6.07) is 10.8. The normalized spacial score (nSPS) is 10.4. The third-order valence-electron chi connectivity index (χ3n) is 2.46. The van der Waals surface area contributed by atoms with Gasteiger partial charge in [-0.3, -0.25) is 10.1 Å². The van der Waals surface area contributed by atoms with Gasteiger partial charge in [0.25, 0.3) is 5.69 Å². The van der Waals surface area contributed by atoms with E-state index in [-0.39, 0.29) is 11.5 Å². The van der Waals surface area contributed by atoms with Crippen molar-refractivity contribution in [2.75, 3.05) is 0 Å². The molecule has 0 unspecified atom stereocenters. The van der Waals surface area contributed by atoms with E-state index in [2.05, 4.69) is 0 Å². The first-order valence-corrected chi connectivity index (χ1v) is 6.74. The van der Waals surface area contributed by atoms with Crippen LogP contribution in [0.1, 0.15) is 5.56 Å². The molecule has 2 aromatic rings. The highest BCUT2D eigenvalue weighted by Crippen LogP contribution is 2.33. The minimum Gasteiger partial charge on any atom is -0.258 e. The highest BCUT2D eigenvalue weighted by atomic mass is 35.5. The van der Waals surface area contributed by atoms with Gasteiger partial charge < -0.3 is 0 Å². The highest BCUT2D eigenvalue weighted by Gasteiger charge is 2.15. The molecule has 0 N–H and O–H groups in total. The summed E-state index contributed by atoms with van der Waals surface area (Å²) < 4.78 is 13.4. The van der Waals surface area contributed by atoms with Crippen molar-refractivity contribution in [1.82, 2.24) is 0 Å². The van der Waals surface area contributed by atoms with E-state index in [0.29, 0.717) is 21.2 Å². The third-order valence-corrected chi connectivity index (χ3v) is 3.81. The van der Waals surface area contributed by atoms with E-state index in [1.807, 2.05) is 0 Å². The van der Waals surface area contributed by atoms with Gasteiger partial charge in [-0.05, 0) is 23.8 Å². The van der Waals surface area contributed by atoms with Gasteiger partial charge in [0.05, 0.1) is 9.82 Å². The third kappa shape index (κ3) is 3.45. The first-order valence-electron chi connectivity index (χ1n) is 5.38. The molecule has 19 heavy (non-hydrogen) atoms. The van der Waals surface area contributed by atoms with Crippen LogP contribution in [-0.2, 0) is 5.75 Å². The molecule has 0 aromatic heterocycles. The smallest absolute Gasteiger partial charge is 0.258 e.